The summed E-state index contributed by atoms with van der Waals surface area (Å²) in [5.74, 6) is -1.73. The summed E-state index contributed by atoms with van der Waals surface area (Å²) in [7, 11) is 0. The fraction of sp³-hybridized carbons (Fsp3) is 0.118. The van der Waals surface area contributed by atoms with Crippen molar-refractivity contribution in [1.29, 1.82) is 0 Å². The molecule has 130 valence electrons. The Morgan fingerprint density at radius 2 is 1.72 bits per heavy atom. The van der Waals surface area contributed by atoms with Gasteiger partial charge in [0, 0.05) is 11.4 Å². The fourth-order valence-corrected chi connectivity index (χ4v) is 1.93. The van der Waals surface area contributed by atoms with E-state index in [2.05, 4.69) is 10.6 Å². The standard InChI is InChI=1S/C17H16FN3O4/c1-10(15(22)20-13-7-5-12(18)6-8-13)25-16(23)11-3-2-4-14(9-11)21-17(19)24/h2-10H,1H3,(H,20,22)(H3,19,21,24)/t10-/m1/s1. The van der Waals surface area contributed by atoms with E-state index >= 15 is 0 Å². The summed E-state index contributed by atoms with van der Waals surface area (Å²) < 4.78 is 17.9. The van der Waals surface area contributed by atoms with Crippen LogP contribution in [0.5, 0.6) is 0 Å². The molecule has 1 atom stereocenters. The fourth-order valence-electron chi connectivity index (χ4n) is 1.93. The van der Waals surface area contributed by atoms with Crippen LogP contribution >= 0.6 is 0 Å². The van der Waals surface area contributed by atoms with Gasteiger partial charge in [-0.2, -0.15) is 0 Å². The number of amides is 3. The first-order chi connectivity index (χ1) is 11.8. The van der Waals surface area contributed by atoms with Crippen molar-refractivity contribution in [3.05, 3.63) is 59.9 Å². The second-order valence-electron chi connectivity index (χ2n) is 5.11. The Bertz CT molecular complexity index is 793. The van der Waals surface area contributed by atoms with Crippen LogP contribution < -0.4 is 16.4 Å². The second kappa shape index (κ2) is 7.91. The molecule has 0 aliphatic rings. The van der Waals surface area contributed by atoms with Crippen molar-refractivity contribution in [1.82, 2.24) is 0 Å². The van der Waals surface area contributed by atoms with Crippen LogP contribution in [0, 0.1) is 5.82 Å². The Morgan fingerprint density at radius 1 is 1.04 bits per heavy atom. The summed E-state index contributed by atoms with van der Waals surface area (Å²) in [6, 6.07) is 10.3. The topological polar surface area (TPSA) is 111 Å². The largest absolute Gasteiger partial charge is 0.449 e. The maximum atomic E-state index is 12.8. The van der Waals surface area contributed by atoms with E-state index < -0.39 is 29.8 Å². The Labute approximate surface area is 143 Å². The van der Waals surface area contributed by atoms with Crippen LogP contribution in [0.1, 0.15) is 17.3 Å². The maximum absolute atomic E-state index is 12.8. The first-order valence-corrected chi connectivity index (χ1v) is 7.29. The van der Waals surface area contributed by atoms with Gasteiger partial charge in [0.2, 0.25) is 0 Å². The van der Waals surface area contributed by atoms with Gasteiger partial charge in [0.15, 0.2) is 6.10 Å². The number of nitrogens with one attached hydrogen (secondary N) is 2. The average molecular weight is 345 g/mol. The van der Waals surface area contributed by atoms with E-state index in [1.165, 1.54) is 49.4 Å². The molecular weight excluding hydrogens is 329 g/mol. The lowest BCUT2D eigenvalue weighted by molar-refractivity contribution is -0.123. The molecule has 0 saturated heterocycles. The number of hydrogen-bond donors (Lipinski definition) is 3. The zero-order chi connectivity index (χ0) is 18.4. The molecule has 0 heterocycles. The van der Waals surface area contributed by atoms with E-state index in [1.807, 2.05) is 0 Å². The summed E-state index contributed by atoms with van der Waals surface area (Å²) in [5, 5.41) is 4.84. The third-order valence-electron chi connectivity index (χ3n) is 3.13. The van der Waals surface area contributed by atoms with E-state index in [1.54, 1.807) is 6.07 Å². The Balaban J connectivity index is 1.98. The van der Waals surface area contributed by atoms with Gasteiger partial charge in [0.1, 0.15) is 5.82 Å². The number of carbonyl (C=O) groups excluding carboxylic acids is 3. The van der Waals surface area contributed by atoms with Gasteiger partial charge in [-0.1, -0.05) is 6.07 Å². The molecule has 2 aromatic rings. The van der Waals surface area contributed by atoms with Crippen LogP contribution in [0.25, 0.3) is 0 Å². The van der Waals surface area contributed by atoms with E-state index in [4.69, 9.17) is 10.5 Å². The smallest absolute Gasteiger partial charge is 0.338 e. The van der Waals surface area contributed by atoms with Gasteiger partial charge in [-0.15, -0.1) is 0 Å². The van der Waals surface area contributed by atoms with Crippen LogP contribution in [0.4, 0.5) is 20.6 Å². The SMILES string of the molecule is C[C@@H](OC(=O)c1cccc(NC(N)=O)c1)C(=O)Nc1ccc(F)cc1. The molecular formula is C17H16FN3O4. The number of primary amides is 1. The zero-order valence-electron chi connectivity index (χ0n) is 13.3. The van der Waals surface area contributed by atoms with Gasteiger partial charge < -0.3 is 21.1 Å². The van der Waals surface area contributed by atoms with Gasteiger partial charge in [0.25, 0.3) is 5.91 Å². The molecule has 0 fully saturated rings. The number of nitrogens with two attached hydrogens (primary N) is 1. The molecule has 7 nitrogen and oxygen atoms in total. The number of hydrogen-bond acceptors (Lipinski definition) is 4. The average Bonchev–Trinajstić information content (AvgIpc) is 2.56. The molecule has 0 bridgehead atoms. The van der Waals surface area contributed by atoms with Crippen LogP contribution in [0.3, 0.4) is 0 Å². The summed E-state index contributed by atoms with van der Waals surface area (Å²) in [4.78, 5) is 34.9. The molecule has 0 saturated carbocycles. The second-order valence-corrected chi connectivity index (χ2v) is 5.11. The molecule has 0 radical (unpaired) electrons. The highest BCUT2D eigenvalue weighted by Crippen LogP contribution is 2.13. The first-order valence-electron chi connectivity index (χ1n) is 7.29. The van der Waals surface area contributed by atoms with Crippen LogP contribution in [-0.2, 0) is 9.53 Å². The first kappa shape index (κ1) is 17.9. The quantitative estimate of drug-likeness (QED) is 0.723. The number of rotatable bonds is 5. The number of urea groups is 1. The van der Waals surface area contributed by atoms with Gasteiger partial charge in [-0.25, -0.2) is 14.0 Å². The van der Waals surface area contributed by atoms with E-state index in [0.29, 0.717) is 11.4 Å². The highest BCUT2D eigenvalue weighted by molar-refractivity contribution is 5.98. The van der Waals surface area contributed by atoms with Crippen molar-refractivity contribution in [3.63, 3.8) is 0 Å². The Morgan fingerprint density at radius 3 is 2.36 bits per heavy atom. The Hall–Kier alpha value is -3.42. The molecule has 0 aromatic heterocycles. The van der Waals surface area contributed by atoms with E-state index in [0.717, 1.165) is 0 Å². The molecule has 0 aliphatic heterocycles. The minimum Gasteiger partial charge on any atom is -0.449 e. The maximum Gasteiger partial charge on any atom is 0.338 e. The molecule has 25 heavy (non-hydrogen) atoms. The van der Waals surface area contributed by atoms with Gasteiger partial charge in [-0.3, -0.25) is 4.79 Å². The van der Waals surface area contributed by atoms with Crippen molar-refractivity contribution >= 4 is 29.3 Å². The number of esters is 1. The number of benzene rings is 2. The minimum atomic E-state index is -1.08. The summed E-state index contributed by atoms with van der Waals surface area (Å²) in [6.45, 7) is 1.41. The van der Waals surface area contributed by atoms with E-state index in [9.17, 15) is 18.8 Å². The van der Waals surface area contributed by atoms with Crippen LogP contribution in [0.15, 0.2) is 48.5 Å². The van der Waals surface area contributed by atoms with E-state index in [-0.39, 0.29) is 5.56 Å². The predicted molar refractivity (Wildman–Crippen MR) is 89.6 cm³/mol. The molecule has 0 aliphatic carbocycles. The van der Waals surface area contributed by atoms with Gasteiger partial charge in [0.05, 0.1) is 5.56 Å². The number of halogens is 1. The predicted octanol–water partition coefficient (Wildman–Crippen LogP) is 2.50. The number of ether oxygens (including phenoxy) is 1. The van der Waals surface area contributed by atoms with Gasteiger partial charge >= 0.3 is 12.0 Å². The Kier molecular flexibility index (Phi) is 5.67. The molecule has 2 rings (SSSR count). The molecule has 3 amide bonds. The molecule has 4 N–H and O–H groups in total. The third-order valence-corrected chi connectivity index (χ3v) is 3.13. The van der Waals surface area contributed by atoms with Crippen molar-refractivity contribution < 1.29 is 23.5 Å². The lowest BCUT2D eigenvalue weighted by atomic mass is 10.2. The molecule has 0 unspecified atom stereocenters. The van der Waals surface area contributed by atoms with Crippen molar-refractivity contribution in [2.24, 2.45) is 5.73 Å². The number of anilines is 2. The van der Waals surface area contributed by atoms with Crippen molar-refractivity contribution in [2.45, 2.75) is 13.0 Å². The minimum absolute atomic E-state index is 0.146. The highest BCUT2D eigenvalue weighted by atomic mass is 19.1. The summed E-state index contributed by atoms with van der Waals surface area (Å²) in [6.07, 6.45) is -1.08. The third kappa shape index (κ3) is 5.31. The monoisotopic (exact) mass is 345 g/mol. The molecule has 8 heteroatoms. The summed E-state index contributed by atoms with van der Waals surface area (Å²) >= 11 is 0. The van der Waals surface area contributed by atoms with Crippen molar-refractivity contribution in [3.8, 4) is 0 Å². The molecule has 0 spiro atoms. The van der Waals surface area contributed by atoms with Crippen molar-refractivity contribution in [2.75, 3.05) is 10.6 Å². The normalized spacial score (nSPS) is 11.3. The van der Waals surface area contributed by atoms with Crippen LogP contribution in [0.2, 0.25) is 0 Å². The number of carbonyl (C=O) groups is 3. The summed E-state index contributed by atoms with van der Waals surface area (Å²) in [5.41, 5.74) is 5.86. The lowest BCUT2D eigenvalue weighted by Gasteiger charge is -2.14. The lowest BCUT2D eigenvalue weighted by Crippen LogP contribution is -2.30. The highest BCUT2D eigenvalue weighted by Gasteiger charge is 2.19. The molecule has 2 aromatic carbocycles. The van der Waals surface area contributed by atoms with Crippen LogP contribution in [-0.4, -0.2) is 24.0 Å². The zero-order valence-corrected chi connectivity index (χ0v) is 13.3. The van der Waals surface area contributed by atoms with Gasteiger partial charge in [-0.05, 0) is 49.4 Å².